The van der Waals surface area contributed by atoms with E-state index in [-0.39, 0.29) is 0 Å². The molecule has 0 bridgehead atoms. The van der Waals surface area contributed by atoms with E-state index in [9.17, 15) is 4.21 Å². The van der Waals surface area contributed by atoms with Crippen LogP contribution in [-0.2, 0) is 10.8 Å². The number of hydrogen-bond acceptors (Lipinski definition) is 6. The number of fused-ring (bicyclic) bond motifs is 1. The quantitative estimate of drug-likeness (QED) is 0.724. The second-order valence-corrected chi connectivity index (χ2v) is 6.77. The van der Waals surface area contributed by atoms with E-state index >= 15 is 0 Å². The van der Waals surface area contributed by atoms with E-state index in [1.54, 1.807) is 6.26 Å². The molecule has 0 fully saturated rings. The average molecular weight is 281 g/mol. The van der Waals surface area contributed by atoms with Crippen LogP contribution in [0.5, 0.6) is 0 Å². The van der Waals surface area contributed by atoms with E-state index in [1.807, 2.05) is 24.4 Å². The van der Waals surface area contributed by atoms with Crippen LogP contribution in [0.15, 0.2) is 28.7 Å². The van der Waals surface area contributed by atoms with Gasteiger partial charge in [-0.2, -0.15) is 4.37 Å². The third kappa shape index (κ3) is 2.01. The van der Waals surface area contributed by atoms with Gasteiger partial charge in [0.1, 0.15) is 5.01 Å². The standard InChI is InChI=1S/C10H7N3OS3/c1-17(14)10-13-12-9(15-10)6-2-3-7-5-11-16-8(7)4-6/h2-5H,1H3. The van der Waals surface area contributed by atoms with E-state index in [4.69, 9.17) is 0 Å². The van der Waals surface area contributed by atoms with Gasteiger partial charge in [0.05, 0.1) is 15.5 Å². The zero-order chi connectivity index (χ0) is 11.8. The van der Waals surface area contributed by atoms with Crippen molar-refractivity contribution < 1.29 is 4.21 Å². The minimum Gasteiger partial charge on any atom is -0.252 e. The maximum atomic E-state index is 11.3. The number of nitrogens with zero attached hydrogens (tertiary/aromatic N) is 3. The minimum atomic E-state index is -1.07. The van der Waals surface area contributed by atoms with Gasteiger partial charge in [0.25, 0.3) is 0 Å². The van der Waals surface area contributed by atoms with Crippen molar-refractivity contribution in [3.05, 3.63) is 24.4 Å². The minimum absolute atomic E-state index is 0.560. The molecule has 0 saturated heterocycles. The van der Waals surface area contributed by atoms with Gasteiger partial charge in [0, 0.05) is 23.4 Å². The smallest absolute Gasteiger partial charge is 0.204 e. The number of benzene rings is 1. The van der Waals surface area contributed by atoms with Crippen molar-refractivity contribution in [3.63, 3.8) is 0 Å². The highest BCUT2D eigenvalue weighted by atomic mass is 32.2. The molecule has 17 heavy (non-hydrogen) atoms. The summed E-state index contributed by atoms with van der Waals surface area (Å²) in [6.45, 7) is 0. The third-order valence-electron chi connectivity index (χ3n) is 2.26. The SMILES string of the molecule is CS(=O)c1nnc(-c2ccc3cnsc3c2)s1. The molecule has 3 rings (SSSR count). The fraction of sp³-hybridized carbons (Fsp3) is 0.100. The molecule has 0 radical (unpaired) electrons. The molecule has 0 amide bonds. The summed E-state index contributed by atoms with van der Waals surface area (Å²) in [5.74, 6) is 0. The van der Waals surface area contributed by atoms with Gasteiger partial charge in [-0.3, -0.25) is 4.21 Å². The normalized spacial score (nSPS) is 13.0. The molecular weight excluding hydrogens is 274 g/mol. The summed E-state index contributed by atoms with van der Waals surface area (Å²) in [4.78, 5) is 0. The van der Waals surface area contributed by atoms with Crippen LogP contribution >= 0.6 is 22.9 Å². The lowest BCUT2D eigenvalue weighted by Crippen LogP contribution is -1.84. The average Bonchev–Trinajstić information content (AvgIpc) is 2.97. The molecule has 3 aromatic rings. The van der Waals surface area contributed by atoms with Crippen LogP contribution in [0.4, 0.5) is 0 Å². The molecule has 1 atom stereocenters. The lowest BCUT2D eigenvalue weighted by atomic mass is 10.2. The Hall–Kier alpha value is -1.18. The summed E-state index contributed by atoms with van der Waals surface area (Å²) in [5.41, 5.74) is 0.996. The molecule has 0 saturated carbocycles. The first kappa shape index (κ1) is 10.9. The maximum absolute atomic E-state index is 11.3. The number of rotatable bonds is 2. The number of hydrogen-bond donors (Lipinski definition) is 0. The monoisotopic (exact) mass is 281 g/mol. The Kier molecular flexibility index (Phi) is 2.73. The second-order valence-electron chi connectivity index (χ2n) is 3.41. The van der Waals surface area contributed by atoms with Gasteiger partial charge >= 0.3 is 0 Å². The molecule has 0 aliphatic heterocycles. The summed E-state index contributed by atoms with van der Waals surface area (Å²) < 4.78 is 17.1. The molecule has 0 spiro atoms. The lowest BCUT2D eigenvalue weighted by Gasteiger charge is -1.94. The summed E-state index contributed by atoms with van der Waals surface area (Å²) >= 11 is 2.82. The zero-order valence-corrected chi connectivity index (χ0v) is 11.2. The van der Waals surface area contributed by atoms with Crippen molar-refractivity contribution in [2.24, 2.45) is 0 Å². The molecular formula is C10H7N3OS3. The van der Waals surface area contributed by atoms with Crippen molar-refractivity contribution in [2.75, 3.05) is 6.26 Å². The van der Waals surface area contributed by atoms with Gasteiger partial charge in [-0.15, -0.1) is 10.2 Å². The molecule has 7 heteroatoms. The largest absolute Gasteiger partial charge is 0.252 e. The van der Waals surface area contributed by atoms with Crippen LogP contribution in [0, 0.1) is 0 Å². The summed E-state index contributed by atoms with van der Waals surface area (Å²) in [7, 11) is -1.07. The Balaban J connectivity index is 2.09. The van der Waals surface area contributed by atoms with E-state index in [2.05, 4.69) is 14.6 Å². The predicted octanol–water partition coefficient (Wildman–Crippen LogP) is 2.55. The van der Waals surface area contributed by atoms with E-state index in [0.717, 1.165) is 20.7 Å². The van der Waals surface area contributed by atoms with Gasteiger partial charge in [0.15, 0.2) is 0 Å². The Morgan fingerprint density at radius 1 is 1.29 bits per heavy atom. The first-order valence-electron chi connectivity index (χ1n) is 4.76. The molecule has 86 valence electrons. The third-order valence-corrected chi connectivity index (χ3v) is 5.31. The molecule has 4 nitrogen and oxygen atoms in total. The van der Waals surface area contributed by atoms with Gasteiger partial charge < -0.3 is 0 Å². The van der Waals surface area contributed by atoms with Crippen LogP contribution in [-0.4, -0.2) is 25.0 Å². The first-order valence-corrected chi connectivity index (χ1v) is 7.90. The predicted molar refractivity (Wildman–Crippen MR) is 70.9 cm³/mol. The van der Waals surface area contributed by atoms with Crippen LogP contribution in [0.2, 0.25) is 0 Å². The Bertz CT molecular complexity index is 703. The van der Waals surface area contributed by atoms with Gasteiger partial charge in [0.2, 0.25) is 4.34 Å². The fourth-order valence-corrected chi connectivity index (χ4v) is 3.56. The Morgan fingerprint density at radius 3 is 2.94 bits per heavy atom. The van der Waals surface area contributed by atoms with Crippen LogP contribution < -0.4 is 0 Å². The van der Waals surface area contributed by atoms with Crippen molar-refractivity contribution in [1.82, 2.24) is 14.6 Å². The van der Waals surface area contributed by atoms with Crippen LogP contribution in [0.25, 0.3) is 20.7 Å². The van der Waals surface area contributed by atoms with Crippen LogP contribution in [0.3, 0.4) is 0 Å². The van der Waals surface area contributed by atoms with Gasteiger partial charge in [-0.05, 0) is 17.6 Å². The van der Waals surface area contributed by atoms with Gasteiger partial charge in [-0.1, -0.05) is 23.5 Å². The molecule has 0 aliphatic rings. The second kappa shape index (κ2) is 4.25. The molecule has 2 aromatic heterocycles. The molecule has 1 unspecified atom stereocenters. The summed E-state index contributed by atoms with van der Waals surface area (Å²) in [5, 5.41) is 9.90. The number of aromatic nitrogens is 3. The van der Waals surface area contributed by atoms with Crippen molar-refractivity contribution in [2.45, 2.75) is 4.34 Å². The Labute approximate surface area is 108 Å². The molecule has 2 heterocycles. The van der Waals surface area contributed by atoms with E-state index < -0.39 is 10.8 Å². The highest BCUT2D eigenvalue weighted by Gasteiger charge is 2.09. The fourth-order valence-electron chi connectivity index (χ4n) is 1.44. The summed E-state index contributed by atoms with van der Waals surface area (Å²) in [6, 6.07) is 6.04. The van der Waals surface area contributed by atoms with Crippen LogP contribution in [0.1, 0.15) is 0 Å². The molecule has 0 N–H and O–H groups in total. The van der Waals surface area contributed by atoms with E-state index in [1.165, 1.54) is 22.9 Å². The summed E-state index contributed by atoms with van der Waals surface area (Å²) in [6.07, 6.45) is 3.45. The highest BCUT2D eigenvalue weighted by molar-refractivity contribution is 7.86. The van der Waals surface area contributed by atoms with Crippen molar-refractivity contribution in [3.8, 4) is 10.6 Å². The highest BCUT2D eigenvalue weighted by Crippen LogP contribution is 2.29. The zero-order valence-electron chi connectivity index (χ0n) is 8.78. The molecule has 1 aromatic carbocycles. The molecule has 0 aliphatic carbocycles. The van der Waals surface area contributed by atoms with Gasteiger partial charge in [-0.25, -0.2) is 0 Å². The topological polar surface area (TPSA) is 55.7 Å². The lowest BCUT2D eigenvalue weighted by molar-refractivity contribution is 0.685. The maximum Gasteiger partial charge on any atom is 0.204 e. The first-order chi connectivity index (χ1) is 8.24. The van der Waals surface area contributed by atoms with Crippen molar-refractivity contribution >= 4 is 43.8 Å². The van der Waals surface area contributed by atoms with Crippen molar-refractivity contribution in [1.29, 1.82) is 0 Å². The Morgan fingerprint density at radius 2 is 2.18 bits per heavy atom. The van der Waals surface area contributed by atoms with E-state index in [0.29, 0.717) is 4.34 Å².